The van der Waals surface area contributed by atoms with Gasteiger partial charge in [0.2, 0.25) is 0 Å². The number of hydrogen-bond donors (Lipinski definition) is 1. The van der Waals surface area contributed by atoms with Crippen molar-refractivity contribution in [1.82, 2.24) is 0 Å². The number of alkyl halides is 36. The molecule has 0 bridgehead atoms. The minimum absolute atomic E-state index is 0.250. The first-order valence-electron chi connectivity index (χ1n) is 12.3. The zero-order chi connectivity index (χ0) is 49.3. The van der Waals surface area contributed by atoms with Crippen molar-refractivity contribution in [3.8, 4) is 0 Å². The summed E-state index contributed by atoms with van der Waals surface area (Å²) >= 11 is 0. The molecule has 358 valence electrons. The van der Waals surface area contributed by atoms with Crippen LogP contribution < -0.4 is 0 Å². The van der Waals surface area contributed by atoms with Gasteiger partial charge in [-0.15, -0.1) is 0 Å². The Hall–Kier alpha value is -2.46. The number of rotatable bonds is 15. The SMILES string of the molecule is CCO.FC(F)(F)C(F)(F)O[Si](OC(F)(F)C(F)(F)F)(OC(F)(F)C(F)(F)F)C(F)(F)C(F)(F)C(F)(F)C(F)(F)C(F)(F)C(F)(F)C(F)(F)C(F)(F)C(F)(F)C(F)(F)F. The van der Waals surface area contributed by atoms with Gasteiger partial charge in [0.15, 0.2) is 0 Å². The molecule has 0 unspecified atom stereocenters. The second kappa shape index (κ2) is 15.4. The fourth-order valence-electron chi connectivity index (χ4n) is 2.69. The lowest BCUT2D eigenvalue weighted by Gasteiger charge is -2.47. The zero-order valence-electron chi connectivity index (χ0n) is 25.5. The van der Waals surface area contributed by atoms with Crippen LogP contribution in [0.5, 0.6) is 0 Å². The highest BCUT2D eigenvalue weighted by molar-refractivity contribution is 6.64. The molecule has 0 aliphatic carbocycles. The average Bonchev–Trinajstić information content (AvgIpc) is 2.93. The topological polar surface area (TPSA) is 47.9 Å². The molecule has 1 N–H and O–H groups in total. The van der Waals surface area contributed by atoms with Gasteiger partial charge in [0.05, 0.1) is 0 Å². The summed E-state index contributed by atoms with van der Waals surface area (Å²) in [5.74, 6) is -80.1. The Bertz CT molecular complexity index is 1350. The van der Waals surface area contributed by atoms with Gasteiger partial charge < -0.3 is 18.4 Å². The van der Waals surface area contributed by atoms with Gasteiger partial charge in [0.25, 0.3) is 0 Å². The molecule has 4 nitrogen and oxygen atoms in total. The van der Waals surface area contributed by atoms with Gasteiger partial charge in [0, 0.05) is 6.61 Å². The molecular formula is C18H6F36O4Si. The Morgan fingerprint density at radius 2 is 0.441 bits per heavy atom. The van der Waals surface area contributed by atoms with E-state index in [1.54, 1.807) is 6.92 Å². The van der Waals surface area contributed by atoms with Crippen LogP contribution in [0.1, 0.15) is 6.92 Å². The predicted molar refractivity (Wildman–Crippen MR) is 105 cm³/mol. The van der Waals surface area contributed by atoms with Crippen LogP contribution in [0.3, 0.4) is 0 Å². The highest BCUT2D eigenvalue weighted by Crippen LogP contribution is 2.67. The largest absolute Gasteiger partial charge is 0.595 e. The molecule has 0 saturated carbocycles. The van der Waals surface area contributed by atoms with Gasteiger partial charge in [-0.05, 0) is 6.92 Å². The van der Waals surface area contributed by atoms with Gasteiger partial charge in [-0.2, -0.15) is 158 Å². The van der Waals surface area contributed by atoms with Crippen LogP contribution in [-0.2, 0) is 13.3 Å². The molecule has 59 heavy (non-hydrogen) atoms. The van der Waals surface area contributed by atoms with Gasteiger partial charge in [-0.25, -0.2) is 0 Å². The number of halogens is 36. The Labute approximate surface area is 296 Å². The Balaban J connectivity index is 0. The van der Waals surface area contributed by atoms with E-state index in [4.69, 9.17) is 5.11 Å². The quantitative estimate of drug-likeness (QED) is 0.131. The van der Waals surface area contributed by atoms with Crippen LogP contribution in [0.25, 0.3) is 0 Å². The van der Waals surface area contributed by atoms with E-state index in [9.17, 15) is 158 Å². The molecule has 0 fully saturated rings. The summed E-state index contributed by atoms with van der Waals surface area (Å²) in [5.41, 5.74) is -10.3. The van der Waals surface area contributed by atoms with Gasteiger partial charge in [-0.3, -0.25) is 0 Å². The predicted octanol–water partition coefficient (Wildman–Crippen LogP) is 11.3. The van der Waals surface area contributed by atoms with E-state index in [2.05, 4.69) is 0 Å². The van der Waals surface area contributed by atoms with E-state index in [-0.39, 0.29) is 6.61 Å². The lowest BCUT2D eigenvalue weighted by molar-refractivity contribution is -0.475. The maximum absolute atomic E-state index is 14.8. The highest BCUT2D eigenvalue weighted by atomic mass is 28.4. The lowest BCUT2D eigenvalue weighted by Crippen LogP contribution is -2.81. The molecule has 0 atom stereocenters. The molecule has 0 aliphatic heterocycles. The minimum atomic E-state index is -12.0. The number of aliphatic hydroxyl groups is 1. The first kappa shape index (κ1) is 58.6. The molecule has 0 heterocycles. The smallest absolute Gasteiger partial charge is 0.397 e. The Morgan fingerprint density at radius 3 is 0.593 bits per heavy atom. The lowest BCUT2D eigenvalue weighted by atomic mass is 9.87. The van der Waals surface area contributed by atoms with E-state index in [1.807, 2.05) is 0 Å². The summed E-state index contributed by atoms with van der Waals surface area (Å²) in [6.07, 6.45) is -60.5. The molecule has 0 aromatic heterocycles. The molecule has 0 amide bonds. The van der Waals surface area contributed by atoms with E-state index in [0.29, 0.717) is 0 Å². The van der Waals surface area contributed by atoms with Crippen LogP contribution >= 0.6 is 0 Å². The summed E-state index contributed by atoms with van der Waals surface area (Å²) in [5, 5.41) is 7.57. The van der Waals surface area contributed by atoms with E-state index >= 15 is 0 Å². The second-order valence-electron chi connectivity index (χ2n) is 9.89. The number of hydrogen-bond acceptors (Lipinski definition) is 4. The minimum Gasteiger partial charge on any atom is -0.397 e. The molecule has 0 rings (SSSR count). The van der Waals surface area contributed by atoms with Crippen molar-refractivity contribution in [3.63, 3.8) is 0 Å². The summed E-state index contributed by atoms with van der Waals surface area (Å²) in [4.78, 5) is 0. The number of aliphatic hydroxyl groups excluding tert-OH is 1. The molecular weight excluding hydrogens is 992 g/mol. The maximum Gasteiger partial charge on any atom is 0.595 e. The summed E-state index contributed by atoms with van der Waals surface area (Å²) < 4.78 is 482. The third kappa shape index (κ3) is 9.06. The summed E-state index contributed by atoms with van der Waals surface area (Å²) in [7, 11) is -12.0. The van der Waals surface area contributed by atoms with Crippen LogP contribution in [-0.4, -0.2) is 116 Å². The molecule has 0 aromatic rings. The average molecular weight is 998 g/mol. The third-order valence-corrected chi connectivity index (χ3v) is 8.33. The fraction of sp³-hybridized carbons (Fsp3) is 1.00. The summed E-state index contributed by atoms with van der Waals surface area (Å²) in [6.45, 7) is 1.93. The van der Waals surface area contributed by atoms with Crippen molar-refractivity contribution in [2.75, 3.05) is 6.61 Å². The van der Waals surface area contributed by atoms with Crippen LogP contribution in [0.2, 0.25) is 0 Å². The van der Waals surface area contributed by atoms with E-state index < -0.39 is 105 Å². The van der Waals surface area contributed by atoms with Crippen molar-refractivity contribution in [2.45, 2.75) is 103 Å². The zero-order valence-corrected chi connectivity index (χ0v) is 26.5. The highest BCUT2D eigenvalue weighted by Gasteiger charge is 3.00. The van der Waals surface area contributed by atoms with E-state index in [0.717, 1.165) is 13.3 Å². The molecule has 0 aromatic carbocycles. The molecule has 0 spiro atoms. The molecule has 0 radical (unpaired) electrons. The summed E-state index contributed by atoms with van der Waals surface area (Å²) in [6, 6.07) is 0. The molecule has 41 heteroatoms. The second-order valence-corrected chi connectivity index (χ2v) is 12.2. The first-order chi connectivity index (χ1) is 24.8. The molecule has 0 saturated heterocycles. The van der Waals surface area contributed by atoms with Crippen molar-refractivity contribution in [3.05, 3.63) is 0 Å². The van der Waals surface area contributed by atoms with Crippen molar-refractivity contribution in [1.29, 1.82) is 0 Å². The Kier molecular flexibility index (Phi) is 15.3. The van der Waals surface area contributed by atoms with Crippen molar-refractivity contribution < 1.29 is 176 Å². The fourth-order valence-corrected chi connectivity index (χ4v) is 5.10. The van der Waals surface area contributed by atoms with Gasteiger partial charge in [-0.1, -0.05) is 0 Å². The van der Waals surface area contributed by atoms with Crippen molar-refractivity contribution >= 4 is 8.80 Å². The normalized spacial score (nSPS) is 16.6. The molecule has 0 aliphatic rings. The van der Waals surface area contributed by atoms with Crippen LogP contribution in [0.4, 0.5) is 158 Å². The Morgan fingerprint density at radius 1 is 0.288 bits per heavy atom. The van der Waals surface area contributed by atoms with Crippen molar-refractivity contribution in [2.24, 2.45) is 0 Å². The van der Waals surface area contributed by atoms with Gasteiger partial charge >= 0.3 is 105 Å². The maximum atomic E-state index is 14.8. The van der Waals surface area contributed by atoms with Crippen LogP contribution in [0.15, 0.2) is 0 Å². The monoisotopic (exact) mass is 998 g/mol. The van der Waals surface area contributed by atoms with E-state index in [1.165, 1.54) is 0 Å². The van der Waals surface area contributed by atoms with Crippen LogP contribution in [0, 0.1) is 0 Å². The third-order valence-electron chi connectivity index (χ3n) is 5.67. The first-order valence-corrected chi connectivity index (χ1v) is 14.0. The van der Waals surface area contributed by atoms with Gasteiger partial charge in [0.1, 0.15) is 0 Å². The standard InChI is InChI=1S/C16F36O3Si.C2H6O/c17-1(18,3(21,22)5(25,26)7(29,30)9(33,34)35)2(19,20)4(23,24)6(27,28)8(31,32)16(51,52)56(53-13(45,46)10(36,37)38,54-14(47,48)11(39,40)41)55-15(49,50)12(42,43)44;1-2-3/h;3H,2H2,1H3.